The van der Waals surface area contributed by atoms with Crippen molar-refractivity contribution in [2.24, 2.45) is 0 Å². The molecule has 0 aromatic heterocycles. The van der Waals surface area contributed by atoms with Crippen molar-refractivity contribution in [1.82, 2.24) is 5.32 Å². The van der Waals surface area contributed by atoms with Crippen molar-refractivity contribution in [3.63, 3.8) is 0 Å². The van der Waals surface area contributed by atoms with Crippen molar-refractivity contribution in [3.05, 3.63) is 57.6 Å². The topological polar surface area (TPSA) is 30.5 Å². The van der Waals surface area contributed by atoms with Crippen LogP contribution >= 0.6 is 15.9 Å². The molecule has 3 nitrogen and oxygen atoms in total. The molecule has 0 saturated heterocycles. The molecule has 0 spiro atoms. The Morgan fingerprint density at radius 2 is 1.80 bits per heavy atom. The summed E-state index contributed by atoms with van der Waals surface area (Å²) >= 11 is 3.44. The third-order valence-corrected chi connectivity index (χ3v) is 4.07. The molecular formula is C18H19BrF3NO2. The molecule has 0 bridgehead atoms. The zero-order valence-corrected chi connectivity index (χ0v) is 15.5. The highest BCUT2D eigenvalue weighted by Crippen LogP contribution is 2.36. The van der Waals surface area contributed by atoms with Crippen LogP contribution < -0.4 is 14.8 Å². The fraction of sp³-hybridized carbons (Fsp3) is 0.333. The van der Waals surface area contributed by atoms with Crippen LogP contribution in [-0.2, 0) is 19.3 Å². The van der Waals surface area contributed by atoms with E-state index in [-0.39, 0.29) is 0 Å². The molecule has 0 aliphatic heterocycles. The summed E-state index contributed by atoms with van der Waals surface area (Å²) in [5, 5.41) is 3.15. The number of alkyl halides is 3. The molecule has 0 unspecified atom stereocenters. The van der Waals surface area contributed by atoms with Crippen molar-refractivity contribution in [3.8, 4) is 11.5 Å². The molecule has 2 aromatic rings. The number of halogens is 4. The van der Waals surface area contributed by atoms with Crippen molar-refractivity contribution >= 4 is 15.9 Å². The lowest BCUT2D eigenvalue weighted by atomic mass is 10.1. The molecule has 0 aliphatic carbocycles. The van der Waals surface area contributed by atoms with Gasteiger partial charge in [-0.15, -0.1) is 0 Å². The molecule has 0 atom stereocenters. The average molecular weight is 418 g/mol. The van der Waals surface area contributed by atoms with E-state index < -0.39 is 11.7 Å². The smallest absolute Gasteiger partial charge is 0.416 e. The minimum Gasteiger partial charge on any atom is -0.492 e. The SMILES string of the molecule is CCOc1cc(CNCc2cccc(C(F)(F)F)c2)cc(Br)c1OC. The van der Waals surface area contributed by atoms with Crippen LogP contribution in [-0.4, -0.2) is 13.7 Å². The van der Waals surface area contributed by atoms with Crippen LogP contribution in [0.1, 0.15) is 23.6 Å². The summed E-state index contributed by atoms with van der Waals surface area (Å²) in [5.74, 6) is 1.23. The number of benzene rings is 2. The maximum Gasteiger partial charge on any atom is 0.416 e. The first-order valence-corrected chi connectivity index (χ1v) is 8.50. The van der Waals surface area contributed by atoms with Crippen LogP contribution in [0.25, 0.3) is 0 Å². The molecule has 2 rings (SSSR count). The molecule has 0 radical (unpaired) electrons. The lowest BCUT2D eigenvalue weighted by Gasteiger charge is -2.14. The fourth-order valence-electron chi connectivity index (χ4n) is 2.39. The van der Waals surface area contributed by atoms with E-state index in [0.717, 1.165) is 22.2 Å². The van der Waals surface area contributed by atoms with Crippen LogP contribution in [0.4, 0.5) is 13.2 Å². The van der Waals surface area contributed by atoms with E-state index in [9.17, 15) is 13.2 Å². The van der Waals surface area contributed by atoms with E-state index in [4.69, 9.17) is 9.47 Å². The van der Waals surface area contributed by atoms with Gasteiger partial charge in [0.05, 0.1) is 23.8 Å². The first-order valence-electron chi connectivity index (χ1n) is 7.71. The molecule has 0 heterocycles. The third kappa shape index (κ3) is 5.37. The van der Waals surface area contributed by atoms with Crippen LogP contribution in [0.3, 0.4) is 0 Å². The minimum atomic E-state index is -4.33. The van der Waals surface area contributed by atoms with Gasteiger partial charge in [0.1, 0.15) is 0 Å². The Morgan fingerprint density at radius 3 is 2.44 bits per heavy atom. The summed E-state index contributed by atoms with van der Waals surface area (Å²) in [6.07, 6.45) is -4.33. The second-order valence-corrected chi connectivity index (χ2v) is 6.20. The number of hydrogen-bond acceptors (Lipinski definition) is 3. The van der Waals surface area contributed by atoms with Gasteiger partial charge in [-0.3, -0.25) is 0 Å². The molecular weight excluding hydrogens is 399 g/mol. The molecule has 0 saturated carbocycles. The van der Waals surface area contributed by atoms with Gasteiger partial charge in [0.2, 0.25) is 0 Å². The van der Waals surface area contributed by atoms with Gasteiger partial charge in [0.15, 0.2) is 11.5 Å². The zero-order valence-electron chi connectivity index (χ0n) is 13.9. The predicted molar refractivity (Wildman–Crippen MR) is 93.9 cm³/mol. The number of methoxy groups -OCH3 is 1. The zero-order chi connectivity index (χ0) is 18.4. The minimum absolute atomic E-state index is 0.331. The van der Waals surface area contributed by atoms with E-state index in [0.29, 0.717) is 36.8 Å². The van der Waals surface area contributed by atoms with Crippen LogP contribution in [0.15, 0.2) is 40.9 Å². The van der Waals surface area contributed by atoms with Crippen molar-refractivity contribution < 1.29 is 22.6 Å². The summed E-state index contributed by atoms with van der Waals surface area (Å²) in [4.78, 5) is 0. The third-order valence-electron chi connectivity index (χ3n) is 3.49. The molecule has 0 fully saturated rings. The summed E-state index contributed by atoms with van der Waals surface area (Å²) < 4.78 is 49.8. The number of hydrogen-bond donors (Lipinski definition) is 1. The van der Waals surface area contributed by atoms with Gasteiger partial charge in [0.25, 0.3) is 0 Å². The highest BCUT2D eigenvalue weighted by Gasteiger charge is 2.30. The molecule has 0 amide bonds. The van der Waals surface area contributed by atoms with E-state index in [1.165, 1.54) is 6.07 Å². The lowest BCUT2D eigenvalue weighted by molar-refractivity contribution is -0.137. The Morgan fingerprint density at radius 1 is 1.08 bits per heavy atom. The maximum absolute atomic E-state index is 12.7. The van der Waals surface area contributed by atoms with Crippen LogP contribution in [0, 0.1) is 0 Å². The largest absolute Gasteiger partial charge is 0.492 e. The molecule has 136 valence electrons. The normalized spacial score (nSPS) is 11.4. The number of rotatable bonds is 7. The van der Waals surface area contributed by atoms with Gasteiger partial charge in [-0.25, -0.2) is 0 Å². The highest BCUT2D eigenvalue weighted by molar-refractivity contribution is 9.10. The van der Waals surface area contributed by atoms with E-state index in [1.807, 2.05) is 19.1 Å². The second-order valence-electron chi connectivity index (χ2n) is 5.34. The molecule has 25 heavy (non-hydrogen) atoms. The van der Waals surface area contributed by atoms with Gasteiger partial charge < -0.3 is 14.8 Å². The Labute approximate surface area is 153 Å². The van der Waals surface area contributed by atoms with Crippen molar-refractivity contribution in [1.29, 1.82) is 0 Å². The van der Waals surface area contributed by atoms with Gasteiger partial charge in [-0.1, -0.05) is 18.2 Å². The van der Waals surface area contributed by atoms with Crippen LogP contribution in [0.2, 0.25) is 0 Å². The van der Waals surface area contributed by atoms with Gasteiger partial charge in [0, 0.05) is 13.1 Å². The van der Waals surface area contributed by atoms with E-state index in [2.05, 4.69) is 21.2 Å². The Hall–Kier alpha value is -1.73. The van der Waals surface area contributed by atoms with Gasteiger partial charge in [-0.05, 0) is 52.2 Å². The van der Waals surface area contributed by atoms with Crippen molar-refractivity contribution in [2.45, 2.75) is 26.2 Å². The Balaban J connectivity index is 2.05. The molecule has 0 aliphatic rings. The highest BCUT2D eigenvalue weighted by atomic mass is 79.9. The maximum atomic E-state index is 12.7. The standard InChI is InChI=1S/C18H19BrF3NO2/c1-3-25-16-9-13(8-15(19)17(16)24-2)11-23-10-12-5-4-6-14(7-12)18(20,21)22/h4-9,23H,3,10-11H2,1-2H3. The quantitative estimate of drug-likeness (QED) is 0.674. The summed E-state index contributed by atoms with van der Waals surface area (Å²) in [7, 11) is 1.56. The Bertz CT molecular complexity index is 720. The summed E-state index contributed by atoms with van der Waals surface area (Å²) in [5.41, 5.74) is 0.869. The average Bonchev–Trinajstić information content (AvgIpc) is 2.54. The van der Waals surface area contributed by atoms with Gasteiger partial charge in [-0.2, -0.15) is 13.2 Å². The first-order chi connectivity index (χ1) is 11.8. The molecule has 1 N–H and O–H groups in total. The van der Waals surface area contributed by atoms with E-state index in [1.54, 1.807) is 13.2 Å². The van der Waals surface area contributed by atoms with Crippen molar-refractivity contribution in [2.75, 3.05) is 13.7 Å². The Kier molecular flexibility index (Phi) is 6.72. The first kappa shape index (κ1) is 19.6. The predicted octanol–water partition coefficient (Wildman–Crippen LogP) is 5.17. The number of nitrogens with one attached hydrogen (secondary N) is 1. The number of ether oxygens (including phenoxy) is 2. The summed E-state index contributed by atoms with van der Waals surface area (Å²) in [6, 6.07) is 9.04. The summed E-state index contributed by atoms with van der Waals surface area (Å²) in [6.45, 7) is 3.20. The second kappa shape index (κ2) is 8.58. The molecule has 2 aromatic carbocycles. The van der Waals surface area contributed by atoms with Crippen LogP contribution in [0.5, 0.6) is 11.5 Å². The monoisotopic (exact) mass is 417 g/mol. The molecule has 7 heteroatoms. The fourth-order valence-corrected chi connectivity index (χ4v) is 3.04. The van der Waals surface area contributed by atoms with E-state index >= 15 is 0 Å². The lowest BCUT2D eigenvalue weighted by Crippen LogP contribution is -2.14. The van der Waals surface area contributed by atoms with Gasteiger partial charge >= 0.3 is 6.18 Å².